The van der Waals surface area contributed by atoms with Gasteiger partial charge in [-0.25, -0.2) is 9.18 Å². The van der Waals surface area contributed by atoms with Crippen molar-refractivity contribution in [3.8, 4) is 0 Å². The Morgan fingerprint density at radius 1 is 1.27 bits per heavy atom. The van der Waals surface area contributed by atoms with E-state index in [2.05, 4.69) is 5.32 Å². The third-order valence-corrected chi connectivity index (χ3v) is 4.94. The third kappa shape index (κ3) is 4.59. The number of ether oxygens (including phenoxy) is 1. The maximum atomic E-state index is 14.4. The van der Waals surface area contributed by atoms with E-state index in [-0.39, 0.29) is 48.9 Å². The summed E-state index contributed by atoms with van der Waals surface area (Å²) in [5.74, 6) is -2.12. The van der Waals surface area contributed by atoms with Crippen LogP contribution in [0.3, 0.4) is 0 Å². The fraction of sp³-hybridized carbons (Fsp3) is 0.318. The predicted octanol–water partition coefficient (Wildman–Crippen LogP) is 2.89. The smallest absolute Gasteiger partial charge is 0.336 e. The van der Waals surface area contributed by atoms with Gasteiger partial charge in [0.05, 0.1) is 25.0 Å². The largest absolute Gasteiger partial charge is 0.467 e. The molecular weight excluding hydrogens is 391 g/mol. The van der Waals surface area contributed by atoms with Crippen molar-refractivity contribution in [1.29, 1.82) is 0 Å². The lowest BCUT2D eigenvalue weighted by molar-refractivity contribution is -0.141. The first-order valence-corrected chi connectivity index (χ1v) is 9.64. The highest BCUT2D eigenvalue weighted by molar-refractivity contribution is 5.97. The first kappa shape index (κ1) is 21.3. The lowest BCUT2D eigenvalue weighted by Gasteiger charge is -2.34. The lowest BCUT2D eigenvalue weighted by atomic mass is 9.83. The van der Waals surface area contributed by atoms with Gasteiger partial charge in [0.25, 0.3) is 0 Å². The number of benzene rings is 1. The summed E-state index contributed by atoms with van der Waals surface area (Å²) in [7, 11) is 0. The number of amides is 2. The molecule has 1 aromatic carbocycles. The highest BCUT2D eigenvalue weighted by atomic mass is 19.1. The van der Waals surface area contributed by atoms with Crippen molar-refractivity contribution < 1.29 is 27.9 Å². The third-order valence-electron chi connectivity index (χ3n) is 4.94. The van der Waals surface area contributed by atoms with Gasteiger partial charge in [-0.1, -0.05) is 18.2 Å². The van der Waals surface area contributed by atoms with Crippen LogP contribution in [-0.4, -0.2) is 35.8 Å². The van der Waals surface area contributed by atoms with E-state index < -0.39 is 23.6 Å². The van der Waals surface area contributed by atoms with Crippen molar-refractivity contribution >= 4 is 17.8 Å². The van der Waals surface area contributed by atoms with Crippen LogP contribution in [0, 0.1) is 5.82 Å². The molecule has 0 bridgehead atoms. The SMILES string of the molecule is CCOC(=O)C1=C(C)N(CC(=O)NCc2ccco2)C(=O)CC1c1ccccc1F. The zero-order valence-corrected chi connectivity index (χ0v) is 16.8. The van der Waals surface area contributed by atoms with Gasteiger partial charge in [-0.15, -0.1) is 0 Å². The molecule has 0 saturated carbocycles. The van der Waals surface area contributed by atoms with Gasteiger partial charge in [-0.05, 0) is 37.6 Å². The number of nitrogens with one attached hydrogen (secondary N) is 1. The summed E-state index contributed by atoms with van der Waals surface area (Å²) in [6, 6.07) is 9.44. The molecule has 2 heterocycles. The van der Waals surface area contributed by atoms with E-state index in [0.717, 1.165) is 0 Å². The van der Waals surface area contributed by atoms with Gasteiger partial charge >= 0.3 is 5.97 Å². The molecule has 1 aliphatic heterocycles. The summed E-state index contributed by atoms with van der Waals surface area (Å²) < 4.78 is 24.7. The molecule has 7 nitrogen and oxygen atoms in total. The number of carbonyl (C=O) groups is 3. The van der Waals surface area contributed by atoms with Crippen LogP contribution in [-0.2, 0) is 25.7 Å². The van der Waals surface area contributed by atoms with E-state index in [1.165, 1.54) is 17.2 Å². The fourth-order valence-corrected chi connectivity index (χ4v) is 3.50. The van der Waals surface area contributed by atoms with E-state index in [1.807, 2.05) is 0 Å². The average molecular weight is 414 g/mol. The summed E-state index contributed by atoms with van der Waals surface area (Å²) in [5, 5.41) is 2.67. The van der Waals surface area contributed by atoms with E-state index in [9.17, 15) is 18.8 Å². The molecule has 30 heavy (non-hydrogen) atoms. The molecule has 0 spiro atoms. The van der Waals surface area contributed by atoms with E-state index in [1.54, 1.807) is 44.2 Å². The molecule has 3 rings (SSSR count). The van der Waals surface area contributed by atoms with Gasteiger partial charge in [0.1, 0.15) is 18.1 Å². The summed E-state index contributed by atoms with van der Waals surface area (Å²) in [6.45, 7) is 3.28. The van der Waals surface area contributed by atoms with Crippen LogP contribution in [0.4, 0.5) is 4.39 Å². The Hall–Kier alpha value is -3.42. The summed E-state index contributed by atoms with van der Waals surface area (Å²) in [4.78, 5) is 39.1. The van der Waals surface area contributed by atoms with Crippen LogP contribution in [0.25, 0.3) is 0 Å². The minimum Gasteiger partial charge on any atom is -0.467 e. The number of hydrogen-bond acceptors (Lipinski definition) is 5. The monoisotopic (exact) mass is 414 g/mol. The Kier molecular flexibility index (Phi) is 6.66. The average Bonchev–Trinajstić information content (AvgIpc) is 3.23. The molecule has 2 aromatic rings. The molecule has 1 N–H and O–H groups in total. The van der Waals surface area contributed by atoms with Crippen LogP contribution < -0.4 is 5.32 Å². The van der Waals surface area contributed by atoms with Crippen molar-refractivity contribution in [2.45, 2.75) is 32.7 Å². The predicted molar refractivity (Wildman–Crippen MR) is 105 cm³/mol. The maximum Gasteiger partial charge on any atom is 0.336 e. The Morgan fingerprint density at radius 3 is 2.70 bits per heavy atom. The van der Waals surface area contributed by atoms with Gasteiger partial charge in [-0.3, -0.25) is 9.59 Å². The van der Waals surface area contributed by atoms with Gasteiger partial charge in [0, 0.05) is 18.0 Å². The Labute approximate surface area is 173 Å². The van der Waals surface area contributed by atoms with Crippen molar-refractivity contribution in [2.24, 2.45) is 0 Å². The molecule has 0 saturated heterocycles. The van der Waals surface area contributed by atoms with Crippen molar-refractivity contribution in [3.05, 3.63) is 71.1 Å². The van der Waals surface area contributed by atoms with Crippen molar-refractivity contribution in [2.75, 3.05) is 13.2 Å². The fourth-order valence-electron chi connectivity index (χ4n) is 3.50. The zero-order valence-electron chi connectivity index (χ0n) is 16.8. The molecule has 1 atom stereocenters. The number of carbonyl (C=O) groups excluding carboxylic acids is 3. The van der Waals surface area contributed by atoms with Crippen molar-refractivity contribution in [1.82, 2.24) is 10.2 Å². The molecule has 2 amide bonds. The molecule has 158 valence electrons. The normalized spacial score (nSPS) is 16.6. The van der Waals surface area contributed by atoms with Crippen LogP contribution >= 0.6 is 0 Å². The Bertz CT molecular complexity index is 968. The molecule has 1 aromatic heterocycles. The van der Waals surface area contributed by atoms with Gasteiger partial charge in [0.2, 0.25) is 11.8 Å². The maximum absolute atomic E-state index is 14.4. The van der Waals surface area contributed by atoms with Crippen molar-refractivity contribution in [3.63, 3.8) is 0 Å². The molecule has 0 radical (unpaired) electrons. The number of furan rings is 1. The minimum atomic E-state index is -0.778. The second-order valence-corrected chi connectivity index (χ2v) is 6.83. The van der Waals surface area contributed by atoms with Gasteiger partial charge in [-0.2, -0.15) is 0 Å². The molecule has 1 aliphatic rings. The first-order chi connectivity index (χ1) is 14.4. The summed E-state index contributed by atoms with van der Waals surface area (Å²) in [5.41, 5.74) is 0.710. The highest BCUT2D eigenvalue weighted by Crippen LogP contribution is 2.37. The first-order valence-electron chi connectivity index (χ1n) is 9.64. The molecule has 0 fully saturated rings. The van der Waals surface area contributed by atoms with Crippen LogP contribution in [0.1, 0.15) is 37.5 Å². The van der Waals surface area contributed by atoms with Crippen LogP contribution in [0.5, 0.6) is 0 Å². The van der Waals surface area contributed by atoms with Crippen LogP contribution in [0.15, 0.2) is 58.3 Å². The second kappa shape index (κ2) is 9.39. The molecule has 8 heteroatoms. The number of hydrogen-bond donors (Lipinski definition) is 1. The topological polar surface area (TPSA) is 88.8 Å². The lowest BCUT2D eigenvalue weighted by Crippen LogP contribution is -2.44. The standard InChI is InChI=1S/C22H23FN2O5/c1-3-29-22(28)21-14(2)25(13-19(26)24-12-15-7-6-10-30-15)20(27)11-17(21)16-8-4-5-9-18(16)23/h4-10,17H,3,11-13H2,1-2H3,(H,24,26). The molecular formula is C22H23FN2O5. The number of rotatable bonds is 7. The highest BCUT2D eigenvalue weighted by Gasteiger charge is 2.38. The van der Waals surface area contributed by atoms with E-state index in [0.29, 0.717) is 5.76 Å². The van der Waals surface area contributed by atoms with Gasteiger partial charge in [0.15, 0.2) is 0 Å². The number of allylic oxidation sites excluding steroid dienone is 1. The van der Waals surface area contributed by atoms with Gasteiger partial charge < -0.3 is 19.4 Å². The Morgan fingerprint density at radius 2 is 2.03 bits per heavy atom. The second-order valence-electron chi connectivity index (χ2n) is 6.83. The van der Waals surface area contributed by atoms with Crippen LogP contribution in [0.2, 0.25) is 0 Å². The van der Waals surface area contributed by atoms with E-state index >= 15 is 0 Å². The van der Waals surface area contributed by atoms with E-state index in [4.69, 9.17) is 9.15 Å². The number of nitrogens with zero attached hydrogens (tertiary/aromatic N) is 1. The Balaban J connectivity index is 1.87. The quantitative estimate of drug-likeness (QED) is 0.704. The summed E-state index contributed by atoms with van der Waals surface area (Å²) >= 11 is 0. The minimum absolute atomic E-state index is 0.136. The molecule has 0 aliphatic carbocycles. The summed E-state index contributed by atoms with van der Waals surface area (Å²) in [6.07, 6.45) is 1.36. The number of esters is 1. The number of halogens is 1. The molecule has 1 unspecified atom stereocenters. The zero-order chi connectivity index (χ0) is 21.7.